The molecule has 2 rings (SSSR count). The molecule has 0 spiro atoms. The highest BCUT2D eigenvalue weighted by Crippen LogP contribution is 2.23. The second-order valence-corrected chi connectivity index (χ2v) is 7.08. The van der Waals surface area contributed by atoms with E-state index in [1.54, 1.807) is 32.4 Å². The van der Waals surface area contributed by atoms with Crippen LogP contribution in [0.1, 0.15) is 31.2 Å². The van der Waals surface area contributed by atoms with E-state index in [1.807, 2.05) is 39.2 Å². The highest BCUT2D eigenvalue weighted by Gasteiger charge is 2.26. The van der Waals surface area contributed by atoms with Gasteiger partial charge in [-0.3, -0.25) is 0 Å². The van der Waals surface area contributed by atoms with Crippen molar-refractivity contribution in [3.8, 4) is 5.75 Å². The zero-order valence-electron chi connectivity index (χ0n) is 17.8. The van der Waals surface area contributed by atoms with E-state index in [1.165, 1.54) is 0 Å². The van der Waals surface area contributed by atoms with Crippen molar-refractivity contribution in [1.82, 2.24) is 15.5 Å². The molecular formula is C21H33IN4O3. The van der Waals surface area contributed by atoms with Gasteiger partial charge in [0.05, 0.1) is 26.0 Å². The van der Waals surface area contributed by atoms with E-state index in [9.17, 15) is 5.11 Å². The van der Waals surface area contributed by atoms with Gasteiger partial charge in [0.15, 0.2) is 5.96 Å². The zero-order chi connectivity index (χ0) is 20.6. The Morgan fingerprint density at radius 2 is 2.03 bits per heavy atom. The summed E-state index contributed by atoms with van der Waals surface area (Å²) in [6.45, 7) is 5.25. The number of hydrogen-bond acceptors (Lipinski definition) is 5. The van der Waals surface area contributed by atoms with Gasteiger partial charge >= 0.3 is 0 Å². The molecule has 8 heteroatoms. The van der Waals surface area contributed by atoms with Gasteiger partial charge in [0.25, 0.3) is 0 Å². The lowest BCUT2D eigenvalue weighted by Crippen LogP contribution is -2.42. The number of likely N-dealkylation sites (N-methyl/N-ethyl adjacent to an activating group) is 1. The summed E-state index contributed by atoms with van der Waals surface area (Å²) in [6, 6.07) is 11.7. The number of aliphatic imine (C=N–C) groups is 1. The first-order chi connectivity index (χ1) is 13.4. The molecule has 0 bridgehead atoms. The Bertz CT molecular complexity index is 748. The maximum atomic E-state index is 10.6. The molecule has 0 saturated heterocycles. The third kappa shape index (κ3) is 7.52. The van der Waals surface area contributed by atoms with E-state index in [4.69, 9.17) is 9.15 Å². The minimum absolute atomic E-state index is 0. The minimum Gasteiger partial charge on any atom is -0.497 e. The van der Waals surface area contributed by atoms with Gasteiger partial charge in [-0.1, -0.05) is 12.1 Å². The number of furan rings is 1. The number of guanidine groups is 1. The summed E-state index contributed by atoms with van der Waals surface area (Å²) >= 11 is 0. The lowest BCUT2D eigenvalue weighted by Gasteiger charge is -2.26. The number of halogens is 1. The topological polar surface area (TPSA) is 82.3 Å². The summed E-state index contributed by atoms with van der Waals surface area (Å²) < 4.78 is 10.7. The molecule has 2 aromatic rings. The van der Waals surface area contributed by atoms with Crippen LogP contribution in [0.25, 0.3) is 0 Å². The first kappa shape index (κ1) is 25.3. The van der Waals surface area contributed by atoms with Crippen molar-refractivity contribution in [2.75, 3.05) is 40.8 Å². The van der Waals surface area contributed by atoms with Crippen LogP contribution in [-0.2, 0) is 5.60 Å². The summed E-state index contributed by atoms with van der Waals surface area (Å²) in [4.78, 5) is 6.68. The molecule has 1 aromatic heterocycles. The molecule has 0 aliphatic rings. The van der Waals surface area contributed by atoms with Crippen molar-refractivity contribution in [3.63, 3.8) is 0 Å². The molecule has 0 saturated carbocycles. The molecule has 0 radical (unpaired) electrons. The highest BCUT2D eigenvalue weighted by molar-refractivity contribution is 14.0. The number of ether oxygens (including phenoxy) is 1. The Balaban J connectivity index is 0.00000420. The highest BCUT2D eigenvalue weighted by atomic mass is 127. The Hall–Kier alpha value is -1.78. The fraction of sp³-hybridized carbons (Fsp3) is 0.476. The van der Waals surface area contributed by atoms with Gasteiger partial charge in [0.2, 0.25) is 0 Å². The van der Waals surface area contributed by atoms with Crippen molar-refractivity contribution < 1.29 is 14.3 Å². The standard InChI is InChI=1S/C21H32N4O3.HI/c1-6-22-20(24-15-21(2,26)19-11-8-12-28-19)23-14-18(25(3)4)16-9-7-10-17(13-16)27-5;/h7-13,18,26H,6,14-15H2,1-5H3,(H2,22,23,24);1H. The average Bonchev–Trinajstić information content (AvgIpc) is 3.22. The second kappa shape index (κ2) is 12.0. The van der Waals surface area contributed by atoms with Gasteiger partial charge in [-0.25, -0.2) is 4.99 Å². The molecule has 0 amide bonds. The first-order valence-electron chi connectivity index (χ1n) is 9.46. The third-order valence-electron chi connectivity index (χ3n) is 4.51. The molecular weight excluding hydrogens is 483 g/mol. The summed E-state index contributed by atoms with van der Waals surface area (Å²) in [7, 11) is 5.75. The predicted octanol–water partition coefficient (Wildman–Crippen LogP) is 2.97. The number of nitrogens with one attached hydrogen (secondary N) is 2. The summed E-state index contributed by atoms with van der Waals surface area (Å²) in [5, 5.41) is 17.2. The average molecular weight is 516 g/mol. The quantitative estimate of drug-likeness (QED) is 0.270. The molecule has 7 nitrogen and oxygen atoms in total. The fourth-order valence-electron chi connectivity index (χ4n) is 2.88. The van der Waals surface area contributed by atoms with E-state index in [0.717, 1.165) is 17.9 Å². The molecule has 2 unspecified atom stereocenters. The zero-order valence-corrected chi connectivity index (χ0v) is 20.1. The van der Waals surface area contributed by atoms with Crippen molar-refractivity contribution in [3.05, 3.63) is 54.0 Å². The lowest BCUT2D eigenvalue weighted by atomic mass is 10.0. The van der Waals surface area contributed by atoms with E-state index in [2.05, 4.69) is 26.6 Å². The largest absolute Gasteiger partial charge is 0.497 e. The van der Waals surface area contributed by atoms with Crippen molar-refractivity contribution in [2.24, 2.45) is 4.99 Å². The normalized spacial score (nSPS) is 14.7. The lowest BCUT2D eigenvalue weighted by molar-refractivity contribution is 0.0437. The van der Waals surface area contributed by atoms with Crippen LogP contribution < -0.4 is 15.4 Å². The Morgan fingerprint density at radius 1 is 1.28 bits per heavy atom. The van der Waals surface area contributed by atoms with Gasteiger partial charge in [0, 0.05) is 13.1 Å². The smallest absolute Gasteiger partial charge is 0.191 e. The van der Waals surface area contributed by atoms with E-state index >= 15 is 0 Å². The van der Waals surface area contributed by atoms with Gasteiger partial charge in [-0.2, -0.15) is 0 Å². The van der Waals surface area contributed by atoms with E-state index in [-0.39, 0.29) is 36.6 Å². The van der Waals surface area contributed by atoms with Gasteiger partial charge in [-0.05, 0) is 57.8 Å². The summed E-state index contributed by atoms with van der Waals surface area (Å²) in [6.07, 6.45) is 1.55. The van der Waals surface area contributed by atoms with Crippen LogP contribution in [0.3, 0.4) is 0 Å². The van der Waals surface area contributed by atoms with Crippen LogP contribution in [0.15, 0.2) is 52.1 Å². The van der Waals surface area contributed by atoms with Crippen molar-refractivity contribution >= 4 is 29.9 Å². The van der Waals surface area contributed by atoms with E-state index < -0.39 is 5.60 Å². The van der Waals surface area contributed by atoms with Gasteiger partial charge in [0.1, 0.15) is 17.1 Å². The number of rotatable bonds is 9. The molecule has 0 fully saturated rings. The Kier molecular flexibility index (Phi) is 10.5. The maximum absolute atomic E-state index is 10.6. The second-order valence-electron chi connectivity index (χ2n) is 7.08. The van der Waals surface area contributed by atoms with Crippen LogP contribution in [0.2, 0.25) is 0 Å². The summed E-state index contributed by atoms with van der Waals surface area (Å²) in [5.41, 5.74) is -0.0187. The maximum Gasteiger partial charge on any atom is 0.191 e. The number of methoxy groups -OCH3 is 1. The SMILES string of the molecule is CCNC(=NCC(C)(O)c1ccco1)NCC(c1cccc(OC)c1)N(C)C.I. The van der Waals surface area contributed by atoms with Crippen LogP contribution >= 0.6 is 24.0 Å². The molecule has 162 valence electrons. The molecule has 1 aromatic carbocycles. The molecule has 29 heavy (non-hydrogen) atoms. The monoisotopic (exact) mass is 516 g/mol. The number of aliphatic hydroxyl groups is 1. The number of nitrogens with zero attached hydrogens (tertiary/aromatic N) is 2. The van der Waals surface area contributed by atoms with Crippen molar-refractivity contribution in [1.29, 1.82) is 0 Å². The fourth-order valence-corrected chi connectivity index (χ4v) is 2.88. The number of hydrogen-bond donors (Lipinski definition) is 3. The van der Waals surface area contributed by atoms with Gasteiger partial charge < -0.3 is 29.8 Å². The predicted molar refractivity (Wildman–Crippen MR) is 127 cm³/mol. The molecule has 2 atom stereocenters. The van der Waals surface area contributed by atoms with Crippen LogP contribution in [0.5, 0.6) is 5.75 Å². The van der Waals surface area contributed by atoms with E-state index in [0.29, 0.717) is 18.3 Å². The van der Waals surface area contributed by atoms with Crippen LogP contribution in [0, 0.1) is 0 Å². The van der Waals surface area contributed by atoms with Crippen molar-refractivity contribution in [2.45, 2.75) is 25.5 Å². The van der Waals surface area contributed by atoms with Crippen LogP contribution in [-0.4, -0.2) is 56.8 Å². The Labute approximate surface area is 190 Å². The Morgan fingerprint density at radius 3 is 2.62 bits per heavy atom. The summed E-state index contributed by atoms with van der Waals surface area (Å²) in [5.74, 6) is 1.97. The van der Waals surface area contributed by atoms with Crippen LogP contribution in [0.4, 0.5) is 0 Å². The molecule has 0 aliphatic carbocycles. The molecule has 3 N–H and O–H groups in total. The first-order valence-corrected chi connectivity index (χ1v) is 9.46. The number of benzene rings is 1. The third-order valence-corrected chi connectivity index (χ3v) is 4.51. The molecule has 1 heterocycles. The minimum atomic E-state index is -1.17. The van der Waals surface area contributed by atoms with Gasteiger partial charge in [-0.15, -0.1) is 24.0 Å². The molecule has 0 aliphatic heterocycles.